The standard InChI is InChI=1S/C20H27ClN2O3S/c1-2-3-4-5-6-7-13-26-20-14-18(10-11-19(20)21)27(24,25)23-16-17-9-8-12-22-15-17/h8-12,14-15,23H,2-7,13,16H2,1H3. The lowest BCUT2D eigenvalue weighted by molar-refractivity contribution is 0.304. The molecule has 27 heavy (non-hydrogen) atoms. The van der Waals surface area contributed by atoms with Crippen LogP contribution in [0.25, 0.3) is 0 Å². The zero-order valence-corrected chi connectivity index (χ0v) is 17.2. The van der Waals surface area contributed by atoms with Gasteiger partial charge in [-0.2, -0.15) is 0 Å². The molecule has 1 N–H and O–H groups in total. The summed E-state index contributed by atoms with van der Waals surface area (Å²) in [6.45, 7) is 2.89. The lowest BCUT2D eigenvalue weighted by Crippen LogP contribution is -2.23. The molecular formula is C20H27ClN2O3S. The molecule has 1 aromatic heterocycles. The highest BCUT2D eigenvalue weighted by molar-refractivity contribution is 7.89. The van der Waals surface area contributed by atoms with Crippen LogP contribution in [0, 0.1) is 0 Å². The Morgan fingerprint density at radius 2 is 1.89 bits per heavy atom. The number of ether oxygens (including phenoxy) is 1. The number of unbranched alkanes of at least 4 members (excludes halogenated alkanes) is 5. The molecule has 0 saturated carbocycles. The zero-order valence-electron chi connectivity index (χ0n) is 15.7. The Balaban J connectivity index is 1.90. The van der Waals surface area contributed by atoms with E-state index in [-0.39, 0.29) is 11.4 Å². The normalized spacial score (nSPS) is 11.5. The molecule has 0 fully saturated rings. The van der Waals surface area contributed by atoms with E-state index in [9.17, 15) is 8.42 Å². The number of benzene rings is 1. The van der Waals surface area contributed by atoms with Crippen LogP contribution >= 0.6 is 11.6 Å². The molecule has 0 amide bonds. The van der Waals surface area contributed by atoms with Gasteiger partial charge < -0.3 is 4.74 Å². The Labute approximate surface area is 167 Å². The first kappa shape index (κ1) is 21.7. The maximum atomic E-state index is 12.5. The summed E-state index contributed by atoms with van der Waals surface area (Å²) in [4.78, 5) is 4.11. The van der Waals surface area contributed by atoms with Gasteiger partial charge >= 0.3 is 0 Å². The fraction of sp³-hybridized carbons (Fsp3) is 0.450. The highest BCUT2D eigenvalue weighted by Crippen LogP contribution is 2.28. The molecule has 7 heteroatoms. The highest BCUT2D eigenvalue weighted by Gasteiger charge is 2.16. The predicted molar refractivity (Wildman–Crippen MR) is 109 cm³/mol. The average molecular weight is 411 g/mol. The minimum Gasteiger partial charge on any atom is -0.492 e. The van der Waals surface area contributed by atoms with Gasteiger partial charge in [0.25, 0.3) is 0 Å². The van der Waals surface area contributed by atoms with Crippen LogP contribution in [0.1, 0.15) is 51.0 Å². The molecule has 0 radical (unpaired) electrons. The van der Waals surface area contributed by atoms with Crippen molar-refractivity contribution >= 4 is 21.6 Å². The SMILES string of the molecule is CCCCCCCCOc1cc(S(=O)(=O)NCc2cccnc2)ccc1Cl. The molecule has 0 atom stereocenters. The number of rotatable bonds is 12. The first-order chi connectivity index (χ1) is 13.0. The van der Waals surface area contributed by atoms with Gasteiger partial charge in [-0.25, -0.2) is 13.1 Å². The summed E-state index contributed by atoms with van der Waals surface area (Å²) in [5, 5.41) is 0.409. The number of aromatic nitrogens is 1. The van der Waals surface area contributed by atoms with Crippen molar-refractivity contribution in [3.63, 3.8) is 0 Å². The topological polar surface area (TPSA) is 68.3 Å². The number of hydrogen-bond acceptors (Lipinski definition) is 4. The van der Waals surface area contributed by atoms with Gasteiger partial charge in [0.05, 0.1) is 16.5 Å². The van der Waals surface area contributed by atoms with Crippen LogP contribution in [-0.2, 0) is 16.6 Å². The lowest BCUT2D eigenvalue weighted by atomic mass is 10.1. The van der Waals surface area contributed by atoms with Crippen LogP contribution < -0.4 is 9.46 Å². The number of hydrogen-bond donors (Lipinski definition) is 1. The van der Waals surface area contributed by atoms with Gasteiger partial charge in [-0.3, -0.25) is 4.98 Å². The van der Waals surface area contributed by atoms with Gasteiger partial charge in [-0.1, -0.05) is 56.7 Å². The van der Waals surface area contributed by atoms with Gasteiger partial charge in [0.1, 0.15) is 5.75 Å². The van der Waals surface area contributed by atoms with Gasteiger partial charge in [0, 0.05) is 25.0 Å². The molecule has 0 spiro atoms. The van der Waals surface area contributed by atoms with Crippen LogP contribution in [0.4, 0.5) is 0 Å². The Kier molecular flexibility index (Phi) is 9.04. The molecule has 0 aliphatic heterocycles. The first-order valence-corrected chi connectivity index (χ1v) is 11.2. The number of sulfonamides is 1. The number of nitrogens with zero attached hydrogens (tertiary/aromatic N) is 1. The van der Waals surface area contributed by atoms with E-state index in [1.807, 2.05) is 6.07 Å². The fourth-order valence-corrected chi connectivity index (χ4v) is 3.80. The van der Waals surface area contributed by atoms with E-state index in [0.717, 1.165) is 18.4 Å². The van der Waals surface area contributed by atoms with Crippen molar-refractivity contribution in [2.24, 2.45) is 0 Å². The van der Waals surface area contributed by atoms with Crippen LogP contribution in [0.15, 0.2) is 47.6 Å². The third-order valence-corrected chi connectivity index (χ3v) is 5.87. The summed E-state index contributed by atoms with van der Waals surface area (Å²) in [7, 11) is -3.66. The van der Waals surface area contributed by atoms with Crippen molar-refractivity contribution in [2.75, 3.05) is 6.61 Å². The monoisotopic (exact) mass is 410 g/mol. The third-order valence-electron chi connectivity index (χ3n) is 4.16. The second kappa shape index (κ2) is 11.3. The number of pyridine rings is 1. The Morgan fingerprint density at radius 1 is 1.11 bits per heavy atom. The Morgan fingerprint density at radius 3 is 2.63 bits per heavy atom. The van der Waals surface area contributed by atoms with E-state index in [2.05, 4.69) is 16.6 Å². The summed E-state index contributed by atoms with van der Waals surface area (Å²) < 4.78 is 33.3. The molecule has 148 valence electrons. The van der Waals surface area contributed by atoms with Crippen molar-refractivity contribution in [3.8, 4) is 5.75 Å². The van der Waals surface area contributed by atoms with Crippen LogP contribution in [0.5, 0.6) is 5.75 Å². The Hall–Kier alpha value is -1.63. The van der Waals surface area contributed by atoms with Gasteiger partial charge in [0.2, 0.25) is 10.0 Å². The molecule has 2 rings (SSSR count). The summed E-state index contributed by atoms with van der Waals surface area (Å²) in [5.74, 6) is 0.398. The van der Waals surface area contributed by atoms with Crippen molar-refractivity contribution in [1.82, 2.24) is 9.71 Å². The van der Waals surface area contributed by atoms with Crippen molar-refractivity contribution in [1.29, 1.82) is 0 Å². The quantitative estimate of drug-likeness (QED) is 0.502. The number of halogens is 1. The molecule has 2 aromatic rings. The van der Waals surface area contributed by atoms with Crippen LogP contribution in [0.2, 0.25) is 5.02 Å². The summed E-state index contributed by atoms with van der Waals surface area (Å²) in [6.07, 6.45) is 10.2. The largest absolute Gasteiger partial charge is 0.492 e. The molecule has 1 aromatic carbocycles. The Bertz CT molecular complexity index is 798. The number of nitrogens with one attached hydrogen (secondary N) is 1. The summed E-state index contributed by atoms with van der Waals surface area (Å²) in [5.41, 5.74) is 0.787. The third kappa shape index (κ3) is 7.48. The molecular weight excluding hydrogens is 384 g/mol. The van der Waals surface area contributed by atoms with Crippen molar-refractivity contribution in [2.45, 2.75) is 56.9 Å². The highest BCUT2D eigenvalue weighted by atomic mass is 35.5. The lowest BCUT2D eigenvalue weighted by Gasteiger charge is -2.11. The maximum absolute atomic E-state index is 12.5. The predicted octanol–water partition coefficient (Wildman–Crippen LogP) is 4.95. The molecule has 1 heterocycles. The molecule has 0 saturated heterocycles. The first-order valence-electron chi connectivity index (χ1n) is 9.34. The average Bonchev–Trinajstić information content (AvgIpc) is 2.68. The van der Waals surface area contributed by atoms with E-state index in [4.69, 9.17) is 16.3 Å². The van der Waals surface area contributed by atoms with E-state index in [0.29, 0.717) is 17.4 Å². The van der Waals surface area contributed by atoms with Gasteiger partial charge in [-0.05, 0) is 30.2 Å². The van der Waals surface area contributed by atoms with E-state index < -0.39 is 10.0 Å². The molecule has 0 aliphatic carbocycles. The van der Waals surface area contributed by atoms with Crippen molar-refractivity contribution < 1.29 is 13.2 Å². The van der Waals surface area contributed by atoms with Gasteiger partial charge in [0.15, 0.2) is 0 Å². The van der Waals surface area contributed by atoms with E-state index in [1.165, 1.54) is 37.8 Å². The minimum atomic E-state index is -3.66. The molecule has 5 nitrogen and oxygen atoms in total. The summed E-state index contributed by atoms with van der Waals surface area (Å²) in [6, 6.07) is 8.08. The zero-order chi connectivity index (χ0) is 19.5. The molecule has 0 bridgehead atoms. The maximum Gasteiger partial charge on any atom is 0.241 e. The van der Waals surface area contributed by atoms with Crippen LogP contribution in [-0.4, -0.2) is 20.0 Å². The second-order valence-electron chi connectivity index (χ2n) is 6.39. The van der Waals surface area contributed by atoms with E-state index >= 15 is 0 Å². The van der Waals surface area contributed by atoms with Crippen molar-refractivity contribution in [3.05, 3.63) is 53.3 Å². The summed E-state index contributed by atoms with van der Waals surface area (Å²) >= 11 is 6.15. The van der Waals surface area contributed by atoms with Crippen LogP contribution in [0.3, 0.4) is 0 Å². The minimum absolute atomic E-state index is 0.133. The second-order valence-corrected chi connectivity index (χ2v) is 8.57. The fourth-order valence-electron chi connectivity index (χ4n) is 2.59. The molecule has 0 aliphatic rings. The van der Waals surface area contributed by atoms with Gasteiger partial charge in [-0.15, -0.1) is 0 Å². The molecule has 0 unspecified atom stereocenters. The van der Waals surface area contributed by atoms with E-state index in [1.54, 1.807) is 24.5 Å². The smallest absolute Gasteiger partial charge is 0.241 e.